The Labute approximate surface area is 244 Å². The number of hydrogen-bond donors (Lipinski definition) is 0. The summed E-state index contributed by atoms with van der Waals surface area (Å²) in [5.41, 5.74) is 10.5. The van der Waals surface area contributed by atoms with E-state index in [1.54, 1.807) is 0 Å². The minimum atomic E-state index is 0.773. The second-order valence-electron chi connectivity index (χ2n) is 10.7. The molecule has 1 aliphatic rings. The maximum atomic E-state index is 6.90. The molecule has 0 unspecified atom stereocenters. The van der Waals surface area contributed by atoms with Crippen LogP contribution in [0.25, 0.3) is 55.1 Å². The molecule has 0 bridgehead atoms. The Kier molecular flexibility index (Phi) is 5.89. The number of benzene rings is 6. The molecular formula is C40H27NO. The summed E-state index contributed by atoms with van der Waals surface area (Å²) < 4.78 is 6.90. The predicted molar refractivity (Wildman–Crippen MR) is 177 cm³/mol. The molecule has 2 nitrogen and oxygen atoms in total. The van der Waals surface area contributed by atoms with Crippen molar-refractivity contribution in [1.29, 1.82) is 0 Å². The highest BCUT2D eigenvalue weighted by atomic mass is 16.3. The topological polar surface area (TPSA) is 25.5 Å². The average molecular weight is 538 g/mol. The fourth-order valence-corrected chi connectivity index (χ4v) is 6.11. The molecule has 0 amide bonds. The van der Waals surface area contributed by atoms with Crippen LogP contribution in [0.5, 0.6) is 0 Å². The Morgan fingerprint density at radius 3 is 1.93 bits per heavy atom. The zero-order chi connectivity index (χ0) is 27.9. The molecule has 0 aliphatic carbocycles. The van der Waals surface area contributed by atoms with Gasteiger partial charge in [-0.05, 0) is 52.1 Å². The molecule has 42 heavy (non-hydrogen) atoms. The van der Waals surface area contributed by atoms with Crippen molar-refractivity contribution >= 4 is 49.7 Å². The molecule has 0 spiro atoms. The molecule has 1 aromatic heterocycles. The number of hydrogen-bond acceptors (Lipinski definition) is 2. The maximum Gasteiger partial charge on any atom is 0.144 e. The summed E-state index contributed by atoms with van der Waals surface area (Å²) in [4.78, 5) is 5.29. The van der Waals surface area contributed by atoms with E-state index in [-0.39, 0.29) is 0 Å². The summed E-state index contributed by atoms with van der Waals surface area (Å²) in [6, 6.07) is 48.8. The van der Waals surface area contributed by atoms with Crippen molar-refractivity contribution in [2.24, 2.45) is 4.99 Å². The number of allylic oxidation sites excluding steroid dienone is 3. The lowest BCUT2D eigenvalue weighted by Gasteiger charge is -2.08. The molecule has 0 atom stereocenters. The van der Waals surface area contributed by atoms with Crippen LogP contribution < -0.4 is 0 Å². The SMILES string of the molecule is C1=C(c2ccccc2)CC=C(c2cccc3c2oc2c(-c4ccccc4)c4ccccc4cc23)N=C1c1ccccc1. The van der Waals surface area contributed by atoms with Crippen molar-refractivity contribution in [1.82, 2.24) is 0 Å². The second kappa shape index (κ2) is 10.2. The normalized spacial score (nSPS) is 13.6. The van der Waals surface area contributed by atoms with E-state index in [9.17, 15) is 0 Å². The van der Waals surface area contributed by atoms with E-state index >= 15 is 0 Å². The van der Waals surface area contributed by atoms with Gasteiger partial charge in [0.15, 0.2) is 0 Å². The van der Waals surface area contributed by atoms with E-state index in [4.69, 9.17) is 9.41 Å². The molecular weight excluding hydrogens is 510 g/mol. The minimum Gasteiger partial charge on any atom is -0.455 e. The molecule has 198 valence electrons. The van der Waals surface area contributed by atoms with Gasteiger partial charge in [-0.1, -0.05) is 133 Å². The van der Waals surface area contributed by atoms with E-state index in [1.807, 2.05) is 6.07 Å². The molecule has 0 radical (unpaired) electrons. The maximum absolute atomic E-state index is 6.90. The molecule has 7 aromatic rings. The predicted octanol–water partition coefficient (Wildman–Crippen LogP) is 10.7. The summed E-state index contributed by atoms with van der Waals surface area (Å²) in [6.45, 7) is 0. The minimum absolute atomic E-state index is 0.773. The number of aliphatic imine (C=N–C) groups is 1. The first-order valence-corrected chi connectivity index (χ1v) is 14.4. The monoisotopic (exact) mass is 537 g/mol. The lowest BCUT2D eigenvalue weighted by atomic mass is 9.95. The Morgan fingerprint density at radius 1 is 0.524 bits per heavy atom. The van der Waals surface area contributed by atoms with Crippen molar-refractivity contribution in [2.45, 2.75) is 6.42 Å². The van der Waals surface area contributed by atoms with Gasteiger partial charge in [0.05, 0.1) is 11.4 Å². The summed E-state index contributed by atoms with van der Waals surface area (Å²) in [7, 11) is 0. The van der Waals surface area contributed by atoms with E-state index in [0.29, 0.717) is 0 Å². The summed E-state index contributed by atoms with van der Waals surface area (Å²) >= 11 is 0. The second-order valence-corrected chi connectivity index (χ2v) is 10.7. The van der Waals surface area contributed by atoms with Crippen LogP contribution in [-0.2, 0) is 0 Å². The smallest absolute Gasteiger partial charge is 0.144 e. The third-order valence-corrected chi connectivity index (χ3v) is 8.13. The molecule has 0 saturated carbocycles. The van der Waals surface area contributed by atoms with Crippen LogP contribution in [0.3, 0.4) is 0 Å². The number of rotatable bonds is 4. The molecule has 2 heterocycles. The Balaban J connectivity index is 1.37. The van der Waals surface area contributed by atoms with E-state index in [2.05, 4.69) is 146 Å². The van der Waals surface area contributed by atoms with E-state index < -0.39 is 0 Å². The van der Waals surface area contributed by atoms with Crippen LogP contribution in [0, 0.1) is 0 Å². The van der Waals surface area contributed by atoms with Crippen LogP contribution in [0.15, 0.2) is 161 Å². The summed E-state index contributed by atoms with van der Waals surface area (Å²) in [6.07, 6.45) is 5.24. The van der Waals surface area contributed by atoms with Gasteiger partial charge in [-0.2, -0.15) is 0 Å². The average Bonchev–Trinajstić information content (AvgIpc) is 3.28. The largest absolute Gasteiger partial charge is 0.455 e. The highest BCUT2D eigenvalue weighted by Gasteiger charge is 2.20. The van der Waals surface area contributed by atoms with Gasteiger partial charge in [0.25, 0.3) is 0 Å². The first-order chi connectivity index (χ1) is 20.8. The van der Waals surface area contributed by atoms with Crippen molar-refractivity contribution in [2.75, 3.05) is 0 Å². The van der Waals surface area contributed by atoms with Gasteiger partial charge in [0.1, 0.15) is 11.2 Å². The molecule has 2 heteroatoms. The van der Waals surface area contributed by atoms with Crippen molar-refractivity contribution in [3.8, 4) is 11.1 Å². The lowest BCUT2D eigenvalue weighted by Crippen LogP contribution is -1.98. The lowest BCUT2D eigenvalue weighted by molar-refractivity contribution is 0.669. The van der Waals surface area contributed by atoms with Gasteiger partial charge < -0.3 is 4.42 Å². The van der Waals surface area contributed by atoms with E-state index in [0.717, 1.165) is 62.0 Å². The first kappa shape index (κ1) is 24.3. The van der Waals surface area contributed by atoms with Gasteiger partial charge in [0.2, 0.25) is 0 Å². The fourth-order valence-electron chi connectivity index (χ4n) is 6.11. The van der Waals surface area contributed by atoms with Crippen molar-refractivity contribution < 1.29 is 4.42 Å². The Bertz CT molecular complexity index is 2180. The first-order valence-electron chi connectivity index (χ1n) is 14.4. The van der Waals surface area contributed by atoms with Crippen molar-refractivity contribution in [3.63, 3.8) is 0 Å². The molecule has 1 aliphatic heterocycles. The fraction of sp³-hybridized carbons (Fsp3) is 0.0250. The van der Waals surface area contributed by atoms with Gasteiger partial charge in [0, 0.05) is 27.5 Å². The number of furan rings is 1. The van der Waals surface area contributed by atoms with Gasteiger partial charge >= 0.3 is 0 Å². The molecule has 0 fully saturated rings. The summed E-state index contributed by atoms with van der Waals surface area (Å²) in [5, 5.41) is 4.61. The Hall–Kier alpha value is -5.47. The molecule has 0 N–H and O–H groups in total. The standard InChI is InChI=1S/C40H27NO/c1-4-13-27(14-5-1)30-23-24-36(41-37(26-30)28-15-6-2-7-16-28)34-22-12-21-33-35-25-31-19-10-11-20-32(31)38(40(35)42-39(33)34)29-17-8-3-9-18-29/h1-22,24-26H,23H2. The van der Waals surface area contributed by atoms with Gasteiger partial charge in [-0.3, -0.25) is 0 Å². The van der Waals surface area contributed by atoms with Crippen LogP contribution in [0.2, 0.25) is 0 Å². The van der Waals surface area contributed by atoms with Crippen LogP contribution in [-0.4, -0.2) is 5.71 Å². The number of nitrogens with zero attached hydrogens (tertiary/aromatic N) is 1. The van der Waals surface area contributed by atoms with E-state index in [1.165, 1.54) is 21.9 Å². The Morgan fingerprint density at radius 2 is 1.17 bits per heavy atom. The highest BCUT2D eigenvalue weighted by Crippen LogP contribution is 2.43. The zero-order valence-electron chi connectivity index (χ0n) is 23.0. The van der Waals surface area contributed by atoms with Crippen LogP contribution in [0.4, 0.5) is 0 Å². The summed E-state index contributed by atoms with van der Waals surface area (Å²) in [5.74, 6) is 0. The van der Waals surface area contributed by atoms with Gasteiger partial charge in [-0.15, -0.1) is 0 Å². The van der Waals surface area contributed by atoms with Crippen LogP contribution in [0.1, 0.15) is 23.1 Å². The quantitative estimate of drug-likeness (QED) is 0.219. The number of para-hydroxylation sites is 1. The van der Waals surface area contributed by atoms with Crippen molar-refractivity contribution in [3.05, 3.63) is 168 Å². The molecule has 0 saturated heterocycles. The molecule has 6 aromatic carbocycles. The van der Waals surface area contributed by atoms with Gasteiger partial charge in [-0.25, -0.2) is 4.99 Å². The third-order valence-electron chi connectivity index (χ3n) is 8.13. The molecule has 8 rings (SSSR count). The third kappa shape index (κ3) is 4.17. The number of fused-ring (bicyclic) bond motifs is 4. The van der Waals surface area contributed by atoms with Crippen LogP contribution >= 0.6 is 0 Å². The highest BCUT2D eigenvalue weighted by molar-refractivity contribution is 6.20. The zero-order valence-corrected chi connectivity index (χ0v) is 23.0.